The molecule has 6 nitrogen and oxygen atoms in total. The summed E-state index contributed by atoms with van der Waals surface area (Å²) in [5.74, 6) is -1.74. The number of carboxylic acid groups (broad SMARTS) is 1. The van der Waals surface area contributed by atoms with Gasteiger partial charge in [0.25, 0.3) is 5.91 Å². The summed E-state index contributed by atoms with van der Waals surface area (Å²) in [7, 11) is 0. The molecule has 106 valence electrons. The van der Waals surface area contributed by atoms with Gasteiger partial charge < -0.3 is 15.5 Å². The maximum absolute atomic E-state index is 12.0. The quantitative estimate of drug-likeness (QED) is 0.747. The van der Waals surface area contributed by atoms with Gasteiger partial charge in [0.15, 0.2) is 0 Å². The third-order valence-corrected chi connectivity index (χ3v) is 2.61. The number of rotatable bonds is 4. The third-order valence-electron chi connectivity index (χ3n) is 2.61. The predicted molar refractivity (Wildman–Crippen MR) is 77.0 cm³/mol. The topological polar surface area (TPSA) is 99.5 Å². The minimum absolute atomic E-state index is 0.108. The summed E-state index contributed by atoms with van der Waals surface area (Å²) in [5, 5.41) is 20.8. The molecule has 6 heteroatoms. The molecular formula is C15H12N2O4. The molecule has 0 fully saturated rings. The first-order valence-corrected chi connectivity index (χ1v) is 6.01. The molecule has 3 N–H and O–H groups in total. The minimum atomic E-state index is -1.05. The van der Waals surface area contributed by atoms with Gasteiger partial charge in [-0.15, -0.1) is 0 Å². The van der Waals surface area contributed by atoms with Gasteiger partial charge in [0.05, 0.1) is 11.8 Å². The van der Waals surface area contributed by atoms with Crippen LogP contribution in [0, 0.1) is 0 Å². The van der Waals surface area contributed by atoms with E-state index in [1.54, 1.807) is 24.3 Å². The van der Waals surface area contributed by atoms with Crippen LogP contribution in [0.3, 0.4) is 0 Å². The lowest BCUT2D eigenvalue weighted by Crippen LogP contribution is -2.12. The second kappa shape index (κ2) is 6.33. The number of pyridine rings is 1. The number of benzene rings is 1. The Balaban J connectivity index is 2.17. The van der Waals surface area contributed by atoms with Crippen molar-refractivity contribution in [1.29, 1.82) is 0 Å². The molecule has 2 aromatic rings. The number of aliphatic carboxylic acids is 1. The first kappa shape index (κ1) is 14.3. The van der Waals surface area contributed by atoms with Crippen molar-refractivity contribution in [3.05, 3.63) is 59.9 Å². The van der Waals surface area contributed by atoms with E-state index in [4.69, 9.17) is 5.11 Å². The number of carboxylic acids is 1. The van der Waals surface area contributed by atoms with E-state index < -0.39 is 11.9 Å². The Morgan fingerprint density at radius 3 is 2.76 bits per heavy atom. The fourth-order valence-electron chi connectivity index (χ4n) is 1.66. The lowest BCUT2D eigenvalue weighted by atomic mass is 10.1. The normalized spacial score (nSPS) is 10.5. The lowest BCUT2D eigenvalue weighted by molar-refractivity contribution is -0.131. The first-order valence-electron chi connectivity index (χ1n) is 6.01. The van der Waals surface area contributed by atoms with Gasteiger partial charge in [-0.05, 0) is 29.8 Å². The Kier molecular flexibility index (Phi) is 4.30. The van der Waals surface area contributed by atoms with Crippen LogP contribution in [0.2, 0.25) is 0 Å². The summed E-state index contributed by atoms with van der Waals surface area (Å²) < 4.78 is 0. The summed E-state index contributed by atoms with van der Waals surface area (Å²) in [6.07, 6.45) is 5.01. The number of amides is 1. The Morgan fingerprint density at radius 2 is 2.05 bits per heavy atom. The van der Waals surface area contributed by atoms with E-state index in [1.165, 1.54) is 24.5 Å². The molecule has 1 heterocycles. The zero-order chi connectivity index (χ0) is 15.2. The second-order valence-corrected chi connectivity index (χ2v) is 4.14. The first-order chi connectivity index (χ1) is 10.1. The van der Waals surface area contributed by atoms with Gasteiger partial charge in [-0.1, -0.05) is 12.1 Å². The van der Waals surface area contributed by atoms with Crippen LogP contribution in [0.1, 0.15) is 15.9 Å². The molecule has 0 atom stereocenters. The van der Waals surface area contributed by atoms with Crippen molar-refractivity contribution < 1.29 is 19.8 Å². The number of hydrogen-bond acceptors (Lipinski definition) is 4. The maximum Gasteiger partial charge on any atom is 0.328 e. The SMILES string of the molecule is O=C(O)/C=C/c1cccc(NC(=O)c2ccncc2O)c1. The van der Waals surface area contributed by atoms with Crippen LogP contribution < -0.4 is 5.32 Å². The van der Waals surface area contributed by atoms with Gasteiger partial charge in [-0.3, -0.25) is 9.78 Å². The molecule has 0 aliphatic carbocycles. The van der Waals surface area contributed by atoms with Crippen LogP contribution in [0.25, 0.3) is 6.08 Å². The smallest absolute Gasteiger partial charge is 0.328 e. The Morgan fingerprint density at radius 1 is 1.24 bits per heavy atom. The molecule has 0 spiro atoms. The van der Waals surface area contributed by atoms with Crippen molar-refractivity contribution >= 4 is 23.6 Å². The van der Waals surface area contributed by atoms with Crippen molar-refractivity contribution in [2.75, 3.05) is 5.32 Å². The van der Waals surface area contributed by atoms with Gasteiger partial charge in [-0.2, -0.15) is 0 Å². The molecular weight excluding hydrogens is 272 g/mol. The fraction of sp³-hybridized carbons (Fsp3) is 0. The zero-order valence-corrected chi connectivity index (χ0v) is 10.9. The van der Waals surface area contributed by atoms with E-state index in [-0.39, 0.29) is 11.3 Å². The summed E-state index contributed by atoms with van der Waals surface area (Å²) in [5.41, 5.74) is 1.23. The summed E-state index contributed by atoms with van der Waals surface area (Å²) in [6.45, 7) is 0. The van der Waals surface area contributed by atoms with Gasteiger partial charge in [0, 0.05) is 18.0 Å². The average Bonchev–Trinajstić information content (AvgIpc) is 2.46. The number of hydrogen-bond donors (Lipinski definition) is 3. The van der Waals surface area contributed by atoms with Crippen molar-refractivity contribution in [3.63, 3.8) is 0 Å². The van der Waals surface area contributed by atoms with E-state index in [2.05, 4.69) is 10.3 Å². The van der Waals surface area contributed by atoms with E-state index in [0.717, 1.165) is 6.08 Å². The molecule has 1 aromatic heterocycles. The van der Waals surface area contributed by atoms with E-state index >= 15 is 0 Å². The molecule has 0 aliphatic heterocycles. The molecule has 1 aromatic carbocycles. The van der Waals surface area contributed by atoms with E-state index in [0.29, 0.717) is 11.3 Å². The highest BCUT2D eigenvalue weighted by Crippen LogP contribution is 2.17. The molecule has 21 heavy (non-hydrogen) atoms. The van der Waals surface area contributed by atoms with Crippen LogP contribution in [0.5, 0.6) is 5.75 Å². The largest absolute Gasteiger partial charge is 0.505 e. The van der Waals surface area contributed by atoms with Gasteiger partial charge in [-0.25, -0.2) is 4.79 Å². The van der Waals surface area contributed by atoms with E-state index in [1.807, 2.05) is 0 Å². The number of anilines is 1. The Labute approximate surface area is 120 Å². The molecule has 0 unspecified atom stereocenters. The summed E-state index contributed by atoms with van der Waals surface area (Å²) >= 11 is 0. The summed E-state index contributed by atoms with van der Waals surface area (Å²) in [4.78, 5) is 26.2. The van der Waals surface area contributed by atoms with E-state index in [9.17, 15) is 14.7 Å². The van der Waals surface area contributed by atoms with Crippen LogP contribution >= 0.6 is 0 Å². The second-order valence-electron chi connectivity index (χ2n) is 4.14. The van der Waals surface area contributed by atoms with Crippen LogP contribution in [0.15, 0.2) is 48.8 Å². The zero-order valence-electron chi connectivity index (χ0n) is 10.9. The van der Waals surface area contributed by atoms with Crippen LogP contribution in [0.4, 0.5) is 5.69 Å². The molecule has 0 bridgehead atoms. The number of aromatic nitrogens is 1. The number of aromatic hydroxyl groups is 1. The standard InChI is InChI=1S/C15H12N2O4/c18-13-9-16-7-6-12(13)15(21)17-11-3-1-2-10(8-11)4-5-14(19)20/h1-9,18H,(H,17,21)(H,19,20)/b5-4+. The highest BCUT2D eigenvalue weighted by molar-refractivity contribution is 6.06. The van der Waals surface area contributed by atoms with Gasteiger partial charge in [0.2, 0.25) is 0 Å². The van der Waals surface area contributed by atoms with Crippen LogP contribution in [-0.4, -0.2) is 27.1 Å². The Hall–Kier alpha value is -3.15. The van der Waals surface area contributed by atoms with Crippen molar-refractivity contribution in [3.8, 4) is 5.75 Å². The highest BCUT2D eigenvalue weighted by atomic mass is 16.4. The van der Waals surface area contributed by atoms with Crippen molar-refractivity contribution in [1.82, 2.24) is 4.98 Å². The predicted octanol–water partition coefficient (Wildman–Crippen LogP) is 2.14. The maximum atomic E-state index is 12.0. The lowest BCUT2D eigenvalue weighted by Gasteiger charge is -2.07. The number of carbonyl (C=O) groups excluding carboxylic acids is 1. The Bertz CT molecular complexity index is 710. The molecule has 1 amide bonds. The fourth-order valence-corrected chi connectivity index (χ4v) is 1.66. The van der Waals surface area contributed by atoms with Crippen molar-refractivity contribution in [2.45, 2.75) is 0 Å². The van der Waals surface area contributed by atoms with Crippen molar-refractivity contribution in [2.24, 2.45) is 0 Å². The molecule has 0 saturated heterocycles. The highest BCUT2D eigenvalue weighted by Gasteiger charge is 2.10. The van der Waals surface area contributed by atoms with Gasteiger partial charge in [0.1, 0.15) is 5.75 Å². The number of carbonyl (C=O) groups is 2. The molecule has 0 radical (unpaired) electrons. The number of nitrogens with one attached hydrogen (secondary N) is 1. The minimum Gasteiger partial charge on any atom is -0.505 e. The number of nitrogens with zero attached hydrogens (tertiary/aromatic N) is 1. The van der Waals surface area contributed by atoms with Gasteiger partial charge >= 0.3 is 5.97 Å². The summed E-state index contributed by atoms with van der Waals surface area (Å²) in [6, 6.07) is 8.07. The average molecular weight is 284 g/mol. The van der Waals surface area contributed by atoms with Crippen LogP contribution in [-0.2, 0) is 4.79 Å². The molecule has 0 saturated carbocycles. The molecule has 0 aliphatic rings. The molecule has 2 rings (SSSR count). The monoisotopic (exact) mass is 284 g/mol. The third kappa shape index (κ3) is 3.90.